The Bertz CT molecular complexity index is 681. The van der Waals surface area contributed by atoms with E-state index in [0.717, 1.165) is 25.2 Å². The van der Waals surface area contributed by atoms with Gasteiger partial charge in [-0.3, -0.25) is 0 Å². The monoisotopic (exact) mass is 333 g/mol. The van der Waals surface area contributed by atoms with Crippen LogP contribution in [0.5, 0.6) is 0 Å². The lowest BCUT2D eigenvalue weighted by Crippen LogP contribution is -2.40. The fourth-order valence-corrected chi connectivity index (χ4v) is 4.87. The standard InChI is InChI=1S/C23H27NO/c24-16-19-14-23(15-19)12-10-21(11-13-23)20-6-8-22(9-7-20)25-17-18-4-2-1-3-5-18/h1-8,19,21-22H,9-15,17H2. The summed E-state index contributed by atoms with van der Waals surface area (Å²) in [5.74, 6) is 1.06. The first kappa shape index (κ1) is 16.6. The molecule has 0 radical (unpaired) electrons. The molecule has 25 heavy (non-hydrogen) atoms. The van der Waals surface area contributed by atoms with E-state index in [0.29, 0.717) is 17.9 Å². The Balaban J connectivity index is 1.24. The molecule has 3 aliphatic carbocycles. The van der Waals surface area contributed by atoms with Crippen molar-refractivity contribution in [3.8, 4) is 6.07 Å². The molecule has 1 aromatic carbocycles. The van der Waals surface area contributed by atoms with E-state index in [9.17, 15) is 0 Å². The van der Waals surface area contributed by atoms with Gasteiger partial charge >= 0.3 is 0 Å². The summed E-state index contributed by atoms with van der Waals surface area (Å²) in [5, 5.41) is 9.02. The van der Waals surface area contributed by atoms with E-state index in [-0.39, 0.29) is 6.10 Å². The van der Waals surface area contributed by atoms with Crippen molar-refractivity contribution < 1.29 is 4.74 Å². The third kappa shape index (κ3) is 3.72. The van der Waals surface area contributed by atoms with Gasteiger partial charge in [-0.1, -0.05) is 48.6 Å². The van der Waals surface area contributed by atoms with Crippen molar-refractivity contribution in [2.24, 2.45) is 17.3 Å². The van der Waals surface area contributed by atoms with Gasteiger partial charge in [0.2, 0.25) is 0 Å². The first-order valence-electron chi connectivity index (χ1n) is 9.70. The predicted molar refractivity (Wildman–Crippen MR) is 99.6 cm³/mol. The average Bonchev–Trinajstić information content (AvgIpc) is 2.66. The van der Waals surface area contributed by atoms with E-state index in [2.05, 4.69) is 48.6 Å². The highest BCUT2D eigenvalue weighted by Gasteiger charge is 2.46. The molecule has 2 heteroatoms. The molecule has 0 aromatic heterocycles. The second-order valence-corrected chi connectivity index (χ2v) is 8.14. The SMILES string of the molecule is N#CC1CC2(CCC(C3=CCC(OCc4ccccc4)C=C3)CC2)C1. The Morgan fingerprint density at radius 2 is 1.88 bits per heavy atom. The first-order chi connectivity index (χ1) is 12.3. The number of hydrogen-bond acceptors (Lipinski definition) is 2. The van der Waals surface area contributed by atoms with Gasteiger partial charge < -0.3 is 4.74 Å². The fourth-order valence-electron chi connectivity index (χ4n) is 4.87. The first-order valence-corrected chi connectivity index (χ1v) is 9.70. The van der Waals surface area contributed by atoms with Gasteiger partial charge in [0.05, 0.1) is 18.8 Å². The number of hydrogen-bond donors (Lipinski definition) is 0. The molecule has 2 nitrogen and oxygen atoms in total. The normalized spacial score (nSPS) is 34.2. The maximum absolute atomic E-state index is 9.02. The summed E-state index contributed by atoms with van der Waals surface area (Å²) < 4.78 is 6.03. The zero-order valence-corrected chi connectivity index (χ0v) is 14.9. The smallest absolute Gasteiger partial charge is 0.0798 e. The van der Waals surface area contributed by atoms with Gasteiger partial charge in [0.1, 0.15) is 0 Å². The Hall–Kier alpha value is -1.85. The Labute approximate surface area is 151 Å². The maximum Gasteiger partial charge on any atom is 0.0798 e. The van der Waals surface area contributed by atoms with Gasteiger partial charge in [0.25, 0.3) is 0 Å². The molecular formula is C23H27NO. The summed E-state index contributed by atoms with van der Waals surface area (Å²) in [7, 11) is 0. The van der Waals surface area contributed by atoms with E-state index in [1.54, 1.807) is 0 Å². The van der Waals surface area contributed by atoms with Crippen LogP contribution in [0, 0.1) is 28.6 Å². The van der Waals surface area contributed by atoms with Crippen molar-refractivity contribution in [3.63, 3.8) is 0 Å². The molecule has 2 saturated carbocycles. The van der Waals surface area contributed by atoms with Crippen LogP contribution in [0.15, 0.2) is 54.1 Å². The van der Waals surface area contributed by atoms with Crippen LogP contribution < -0.4 is 0 Å². The van der Waals surface area contributed by atoms with Crippen LogP contribution in [0.1, 0.15) is 50.5 Å². The van der Waals surface area contributed by atoms with Crippen molar-refractivity contribution in [3.05, 3.63) is 59.7 Å². The molecule has 0 saturated heterocycles. The predicted octanol–water partition coefficient (Wildman–Crippen LogP) is 5.57. The number of nitriles is 1. The van der Waals surface area contributed by atoms with E-state index < -0.39 is 0 Å². The van der Waals surface area contributed by atoms with Crippen molar-refractivity contribution in [2.45, 2.75) is 57.7 Å². The van der Waals surface area contributed by atoms with Crippen molar-refractivity contribution in [2.75, 3.05) is 0 Å². The summed E-state index contributed by atoms with van der Waals surface area (Å²) in [6.07, 6.45) is 15.7. The average molecular weight is 333 g/mol. The molecule has 0 heterocycles. The van der Waals surface area contributed by atoms with Gasteiger partial charge in [0.15, 0.2) is 0 Å². The highest BCUT2D eigenvalue weighted by molar-refractivity contribution is 5.28. The summed E-state index contributed by atoms with van der Waals surface area (Å²) in [4.78, 5) is 0. The zero-order valence-electron chi connectivity index (χ0n) is 14.9. The van der Waals surface area contributed by atoms with Crippen LogP contribution in [0.25, 0.3) is 0 Å². The minimum Gasteiger partial charge on any atom is -0.369 e. The summed E-state index contributed by atoms with van der Waals surface area (Å²) >= 11 is 0. The van der Waals surface area contributed by atoms with Gasteiger partial charge in [0, 0.05) is 5.92 Å². The molecule has 0 amide bonds. The number of allylic oxidation sites excluding steroid dienone is 2. The Morgan fingerprint density at radius 3 is 2.52 bits per heavy atom. The molecular weight excluding hydrogens is 306 g/mol. The summed E-state index contributed by atoms with van der Waals surface area (Å²) in [6, 6.07) is 12.8. The van der Waals surface area contributed by atoms with Crippen LogP contribution in [0.3, 0.4) is 0 Å². The minimum atomic E-state index is 0.210. The molecule has 0 aliphatic heterocycles. The number of ether oxygens (including phenoxy) is 1. The topological polar surface area (TPSA) is 33.0 Å². The lowest BCUT2D eigenvalue weighted by Gasteiger charge is -2.49. The van der Waals surface area contributed by atoms with Crippen molar-refractivity contribution >= 4 is 0 Å². The summed E-state index contributed by atoms with van der Waals surface area (Å²) in [6.45, 7) is 0.686. The van der Waals surface area contributed by atoms with E-state index in [1.165, 1.54) is 36.8 Å². The molecule has 2 fully saturated rings. The van der Waals surface area contributed by atoms with Crippen LogP contribution in [-0.2, 0) is 11.3 Å². The molecule has 0 N–H and O–H groups in total. The molecule has 130 valence electrons. The highest BCUT2D eigenvalue weighted by atomic mass is 16.5. The molecule has 1 atom stereocenters. The van der Waals surface area contributed by atoms with Gasteiger partial charge in [-0.15, -0.1) is 0 Å². The van der Waals surface area contributed by atoms with Crippen LogP contribution >= 0.6 is 0 Å². The largest absolute Gasteiger partial charge is 0.369 e. The van der Waals surface area contributed by atoms with Crippen molar-refractivity contribution in [1.29, 1.82) is 5.26 Å². The number of benzene rings is 1. The van der Waals surface area contributed by atoms with Crippen LogP contribution in [-0.4, -0.2) is 6.10 Å². The van der Waals surface area contributed by atoms with Gasteiger partial charge in [-0.25, -0.2) is 0 Å². The van der Waals surface area contributed by atoms with E-state index in [4.69, 9.17) is 10.00 Å². The summed E-state index contributed by atoms with van der Waals surface area (Å²) in [5.41, 5.74) is 3.28. The molecule has 3 aliphatic rings. The molecule has 1 unspecified atom stereocenters. The Kier molecular flexibility index (Phi) is 4.77. The quantitative estimate of drug-likeness (QED) is 0.722. The van der Waals surface area contributed by atoms with Crippen LogP contribution in [0.4, 0.5) is 0 Å². The van der Waals surface area contributed by atoms with Crippen LogP contribution in [0.2, 0.25) is 0 Å². The molecule has 0 bridgehead atoms. The lowest BCUT2D eigenvalue weighted by molar-refractivity contribution is 0.0293. The van der Waals surface area contributed by atoms with Crippen molar-refractivity contribution in [1.82, 2.24) is 0 Å². The van der Waals surface area contributed by atoms with E-state index in [1.807, 2.05) is 6.07 Å². The Morgan fingerprint density at radius 1 is 1.12 bits per heavy atom. The molecule has 1 spiro atoms. The minimum absolute atomic E-state index is 0.210. The van der Waals surface area contributed by atoms with Gasteiger partial charge in [-0.05, 0) is 67.4 Å². The third-order valence-corrected chi connectivity index (χ3v) is 6.46. The highest BCUT2D eigenvalue weighted by Crippen LogP contribution is 2.56. The molecule has 1 aromatic rings. The third-order valence-electron chi connectivity index (χ3n) is 6.46. The lowest BCUT2D eigenvalue weighted by atomic mass is 9.54. The fraction of sp³-hybridized carbons (Fsp3) is 0.522. The second-order valence-electron chi connectivity index (χ2n) is 8.14. The number of nitrogens with zero attached hydrogens (tertiary/aromatic N) is 1. The zero-order chi connectivity index (χ0) is 17.1. The number of rotatable bonds is 4. The van der Waals surface area contributed by atoms with Gasteiger partial charge in [-0.2, -0.15) is 5.26 Å². The maximum atomic E-state index is 9.02. The van der Waals surface area contributed by atoms with E-state index >= 15 is 0 Å². The second kappa shape index (κ2) is 7.18. The molecule has 4 rings (SSSR count).